The van der Waals surface area contributed by atoms with Gasteiger partial charge in [-0.05, 0) is 15.9 Å². The number of H-pyrrole nitrogens is 1. The van der Waals surface area contributed by atoms with Crippen molar-refractivity contribution in [3.05, 3.63) is 27.0 Å². The summed E-state index contributed by atoms with van der Waals surface area (Å²) < 4.78 is 0.558. The van der Waals surface area contributed by atoms with Crippen molar-refractivity contribution in [3.63, 3.8) is 0 Å². The first kappa shape index (κ1) is 16.7. The highest BCUT2D eigenvalue weighted by atomic mass is 79.9. The molecule has 0 fully saturated rings. The Labute approximate surface area is 101 Å². The molecule has 3 nitrogen and oxygen atoms in total. The predicted molar refractivity (Wildman–Crippen MR) is 71.8 cm³/mol. The van der Waals surface area contributed by atoms with Crippen LogP contribution in [0.1, 0.15) is 27.7 Å². The Morgan fingerprint density at radius 3 is 2.00 bits per heavy atom. The molecule has 1 heterocycles. The number of anilines is 1. The lowest BCUT2D eigenvalue weighted by Gasteiger charge is -2.10. The maximum absolute atomic E-state index is 11.1. The monoisotopic (exact) mass is 276 g/mol. The molecule has 0 radical (unpaired) electrons. The maximum atomic E-state index is 11.1. The van der Waals surface area contributed by atoms with E-state index in [4.69, 9.17) is 0 Å². The smallest absolute Gasteiger partial charge is 0.197 e. The molecule has 0 bridgehead atoms. The number of aromatic amines is 1. The van der Waals surface area contributed by atoms with Crippen LogP contribution in [0, 0.1) is 0 Å². The predicted octanol–water partition coefficient (Wildman–Crippen LogP) is 3.26. The van der Waals surface area contributed by atoms with E-state index in [1.165, 1.54) is 0 Å². The van der Waals surface area contributed by atoms with Crippen LogP contribution in [0.2, 0.25) is 0 Å². The highest BCUT2D eigenvalue weighted by molar-refractivity contribution is 9.10. The number of nitrogens with one attached hydrogen (secondary N) is 1. The summed E-state index contributed by atoms with van der Waals surface area (Å²) in [5.41, 5.74) is -0.00699. The van der Waals surface area contributed by atoms with Crippen LogP contribution in [-0.2, 0) is 0 Å². The van der Waals surface area contributed by atoms with E-state index in [1.807, 2.05) is 46.7 Å². The molecule has 0 saturated heterocycles. The molecule has 0 atom stereocenters. The van der Waals surface area contributed by atoms with Gasteiger partial charge in [-0.15, -0.1) is 0 Å². The van der Waals surface area contributed by atoms with Crippen LogP contribution in [0.5, 0.6) is 0 Å². The zero-order valence-electron chi connectivity index (χ0n) is 10.4. The number of nitrogens with zero attached hydrogens (tertiary/aromatic N) is 1. The first-order valence-corrected chi connectivity index (χ1v) is 5.96. The Morgan fingerprint density at radius 1 is 1.20 bits per heavy atom. The summed E-state index contributed by atoms with van der Waals surface area (Å²) in [4.78, 5) is 15.8. The standard InChI is InChI=1S/C7H9BrN2O.2C2H6/c1-10(2)7-3-6(11)5(8)4-9-7;2*1-2/h3-4H,1-2H3,(H,9,11);2*1-2H3. The third-order valence-corrected chi connectivity index (χ3v) is 1.95. The molecule has 0 aliphatic carbocycles. The van der Waals surface area contributed by atoms with Crippen LogP contribution in [0.25, 0.3) is 0 Å². The molecule has 0 aromatic carbocycles. The van der Waals surface area contributed by atoms with Crippen molar-refractivity contribution in [1.82, 2.24) is 4.98 Å². The van der Waals surface area contributed by atoms with Crippen molar-refractivity contribution < 1.29 is 0 Å². The lowest BCUT2D eigenvalue weighted by Crippen LogP contribution is -2.14. The van der Waals surface area contributed by atoms with Crippen molar-refractivity contribution in [3.8, 4) is 0 Å². The molecule has 88 valence electrons. The van der Waals surface area contributed by atoms with E-state index in [-0.39, 0.29) is 5.43 Å². The largest absolute Gasteiger partial charge is 0.364 e. The van der Waals surface area contributed by atoms with Crippen LogP contribution in [-0.4, -0.2) is 19.1 Å². The van der Waals surface area contributed by atoms with Crippen LogP contribution < -0.4 is 10.3 Å². The Balaban J connectivity index is 0. The fourth-order valence-electron chi connectivity index (χ4n) is 0.701. The quantitative estimate of drug-likeness (QED) is 0.855. The molecule has 0 spiro atoms. The van der Waals surface area contributed by atoms with Gasteiger partial charge in [-0.2, -0.15) is 0 Å². The van der Waals surface area contributed by atoms with Gasteiger partial charge in [-0.3, -0.25) is 4.79 Å². The zero-order chi connectivity index (χ0) is 12.4. The van der Waals surface area contributed by atoms with E-state index in [9.17, 15) is 4.79 Å². The minimum Gasteiger partial charge on any atom is -0.364 e. The summed E-state index contributed by atoms with van der Waals surface area (Å²) in [5, 5.41) is 0. The molecular weight excluding hydrogens is 256 g/mol. The molecule has 15 heavy (non-hydrogen) atoms. The van der Waals surface area contributed by atoms with E-state index in [0.29, 0.717) is 4.47 Å². The lowest BCUT2D eigenvalue weighted by atomic mass is 10.4. The highest BCUT2D eigenvalue weighted by Gasteiger charge is 1.98. The summed E-state index contributed by atoms with van der Waals surface area (Å²) >= 11 is 3.12. The van der Waals surface area contributed by atoms with E-state index in [2.05, 4.69) is 20.9 Å². The van der Waals surface area contributed by atoms with Gasteiger partial charge in [0.05, 0.1) is 4.47 Å². The van der Waals surface area contributed by atoms with E-state index < -0.39 is 0 Å². The first-order chi connectivity index (χ1) is 7.11. The molecule has 0 amide bonds. The van der Waals surface area contributed by atoms with Gasteiger partial charge in [0.25, 0.3) is 0 Å². The fourth-order valence-corrected chi connectivity index (χ4v) is 0.930. The molecule has 1 rings (SSSR count). The van der Waals surface area contributed by atoms with Crippen molar-refractivity contribution in [2.75, 3.05) is 19.0 Å². The molecule has 4 heteroatoms. The molecular formula is C11H21BrN2O. The molecule has 0 aliphatic rings. The molecule has 1 aromatic rings. The minimum absolute atomic E-state index is 0.00699. The van der Waals surface area contributed by atoms with Gasteiger partial charge in [0.2, 0.25) is 0 Å². The highest BCUT2D eigenvalue weighted by Crippen LogP contribution is 2.06. The summed E-state index contributed by atoms with van der Waals surface area (Å²) in [6.45, 7) is 8.00. The number of pyridine rings is 1. The summed E-state index contributed by atoms with van der Waals surface area (Å²) in [6.07, 6.45) is 1.64. The summed E-state index contributed by atoms with van der Waals surface area (Å²) in [6, 6.07) is 1.55. The van der Waals surface area contributed by atoms with Crippen molar-refractivity contribution in [2.24, 2.45) is 0 Å². The van der Waals surface area contributed by atoms with E-state index in [1.54, 1.807) is 12.3 Å². The minimum atomic E-state index is -0.00699. The number of aromatic nitrogens is 1. The number of hydrogen-bond acceptors (Lipinski definition) is 2. The number of halogens is 1. The fraction of sp³-hybridized carbons (Fsp3) is 0.545. The average molecular weight is 277 g/mol. The normalized spacial score (nSPS) is 7.93. The van der Waals surface area contributed by atoms with Gasteiger partial charge in [0.15, 0.2) is 5.43 Å². The SMILES string of the molecule is CC.CC.CN(C)c1cc(=O)c(Br)c[nH]1. The van der Waals surface area contributed by atoms with Gasteiger partial charge < -0.3 is 9.88 Å². The molecule has 1 N–H and O–H groups in total. The average Bonchev–Trinajstić information content (AvgIpc) is 2.27. The summed E-state index contributed by atoms with van der Waals surface area (Å²) in [7, 11) is 3.75. The van der Waals surface area contributed by atoms with Crippen molar-refractivity contribution >= 4 is 21.7 Å². The van der Waals surface area contributed by atoms with Crippen LogP contribution in [0.15, 0.2) is 21.5 Å². The van der Waals surface area contributed by atoms with Gasteiger partial charge in [-0.1, -0.05) is 27.7 Å². The molecule has 0 aliphatic heterocycles. The second-order valence-corrected chi connectivity index (χ2v) is 3.28. The van der Waals surface area contributed by atoms with Gasteiger partial charge in [-0.25, -0.2) is 0 Å². The zero-order valence-corrected chi connectivity index (χ0v) is 12.0. The van der Waals surface area contributed by atoms with Crippen LogP contribution >= 0.6 is 15.9 Å². The third-order valence-electron chi connectivity index (χ3n) is 1.33. The van der Waals surface area contributed by atoms with Crippen molar-refractivity contribution in [1.29, 1.82) is 0 Å². The summed E-state index contributed by atoms with van der Waals surface area (Å²) in [5.74, 6) is 0.804. The first-order valence-electron chi connectivity index (χ1n) is 5.17. The molecule has 0 saturated carbocycles. The van der Waals surface area contributed by atoms with Gasteiger partial charge in [0, 0.05) is 26.4 Å². The molecule has 1 aromatic heterocycles. The second-order valence-electron chi connectivity index (χ2n) is 2.42. The Morgan fingerprint density at radius 2 is 1.67 bits per heavy atom. The number of rotatable bonds is 1. The topological polar surface area (TPSA) is 36.1 Å². The third kappa shape index (κ3) is 6.33. The number of hydrogen-bond donors (Lipinski definition) is 1. The lowest BCUT2D eigenvalue weighted by molar-refractivity contribution is 1.06. The van der Waals surface area contributed by atoms with Gasteiger partial charge >= 0.3 is 0 Å². The van der Waals surface area contributed by atoms with Crippen LogP contribution in [0.4, 0.5) is 5.82 Å². The Hall–Kier alpha value is -0.770. The maximum Gasteiger partial charge on any atom is 0.197 e. The van der Waals surface area contributed by atoms with E-state index in [0.717, 1.165) is 5.82 Å². The molecule has 0 unspecified atom stereocenters. The second kappa shape index (κ2) is 9.77. The van der Waals surface area contributed by atoms with Gasteiger partial charge in [0.1, 0.15) is 5.82 Å². The Kier molecular flexibility index (Phi) is 10.8. The van der Waals surface area contributed by atoms with Crippen LogP contribution in [0.3, 0.4) is 0 Å². The Bertz CT molecular complexity index is 308. The van der Waals surface area contributed by atoms with E-state index >= 15 is 0 Å². The van der Waals surface area contributed by atoms with Crippen molar-refractivity contribution in [2.45, 2.75) is 27.7 Å².